The number of ether oxygens (including phenoxy) is 1. The molecule has 0 bridgehead atoms. The third-order valence-corrected chi connectivity index (χ3v) is 4.08. The third kappa shape index (κ3) is 9.11. The Kier molecular flexibility index (Phi) is 10.4. The molecule has 1 fully saturated rings. The van der Waals surface area contributed by atoms with E-state index < -0.39 is 12.7 Å². The van der Waals surface area contributed by atoms with Crippen molar-refractivity contribution < 1.29 is 17.9 Å². The molecule has 0 saturated carbocycles. The Morgan fingerprint density at radius 2 is 2.07 bits per heavy atom. The lowest BCUT2D eigenvalue weighted by Gasteiger charge is -2.19. The van der Waals surface area contributed by atoms with Gasteiger partial charge in [-0.2, -0.15) is 13.2 Å². The van der Waals surface area contributed by atoms with E-state index in [1.54, 1.807) is 7.11 Å². The van der Waals surface area contributed by atoms with Gasteiger partial charge in [-0.1, -0.05) is 24.3 Å². The second kappa shape index (κ2) is 11.7. The molecule has 1 heterocycles. The van der Waals surface area contributed by atoms with Gasteiger partial charge in [0.2, 0.25) is 0 Å². The number of halogens is 4. The zero-order valence-electron chi connectivity index (χ0n) is 15.7. The van der Waals surface area contributed by atoms with Crippen molar-refractivity contribution in [3.05, 3.63) is 35.4 Å². The number of aliphatic imine (C=N–C) groups is 1. The maximum absolute atomic E-state index is 12.5. The second-order valence-corrected chi connectivity index (χ2v) is 6.43. The Balaban J connectivity index is 0.00000364. The molecular formula is C18H28F3IN4O. The van der Waals surface area contributed by atoms with Crippen molar-refractivity contribution in [2.45, 2.75) is 38.7 Å². The van der Waals surface area contributed by atoms with Gasteiger partial charge in [0.05, 0.1) is 19.7 Å². The van der Waals surface area contributed by atoms with Gasteiger partial charge in [0.1, 0.15) is 0 Å². The van der Waals surface area contributed by atoms with Crippen molar-refractivity contribution >= 4 is 29.9 Å². The van der Waals surface area contributed by atoms with E-state index in [2.05, 4.69) is 15.6 Å². The van der Waals surface area contributed by atoms with Crippen LogP contribution in [-0.2, 0) is 17.9 Å². The van der Waals surface area contributed by atoms with Gasteiger partial charge in [0, 0.05) is 32.8 Å². The SMILES string of the molecule is CCNC(=NCc1cccc(COC)c1)NC1CCN(CC(F)(F)F)C1.I. The minimum Gasteiger partial charge on any atom is -0.380 e. The molecular weight excluding hydrogens is 472 g/mol. The minimum absolute atomic E-state index is 0. The molecule has 1 aliphatic heterocycles. The molecule has 9 heteroatoms. The van der Waals surface area contributed by atoms with E-state index in [9.17, 15) is 13.2 Å². The van der Waals surface area contributed by atoms with Gasteiger partial charge in [0.25, 0.3) is 0 Å². The first-order valence-electron chi connectivity index (χ1n) is 8.80. The molecule has 2 N–H and O–H groups in total. The van der Waals surface area contributed by atoms with Gasteiger partial charge in [-0.15, -0.1) is 24.0 Å². The molecule has 0 amide bonds. The number of hydrogen-bond acceptors (Lipinski definition) is 3. The summed E-state index contributed by atoms with van der Waals surface area (Å²) in [5.74, 6) is 0.628. The molecule has 1 saturated heterocycles. The molecule has 27 heavy (non-hydrogen) atoms. The monoisotopic (exact) mass is 500 g/mol. The lowest BCUT2D eigenvalue weighted by Crippen LogP contribution is -2.45. The van der Waals surface area contributed by atoms with Crippen LogP contribution in [0, 0.1) is 0 Å². The lowest BCUT2D eigenvalue weighted by atomic mass is 10.1. The van der Waals surface area contributed by atoms with Crippen molar-refractivity contribution in [3.8, 4) is 0 Å². The number of nitrogens with one attached hydrogen (secondary N) is 2. The van der Waals surface area contributed by atoms with Crippen molar-refractivity contribution in [2.75, 3.05) is 33.3 Å². The predicted octanol–water partition coefficient (Wildman–Crippen LogP) is 3.14. The summed E-state index contributed by atoms with van der Waals surface area (Å²) in [5.41, 5.74) is 2.14. The fourth-order valence-electron chi connectivity index (χ4n) is 3.02. The fourth-order valence-corrected chi connectivity index (χ4v) is 3.02. The largest absolute Gasteiger partial charge is 0.401 e. The maximum atomic E-state index is 12.5. The summed E-state index contributed by atoms with van der Waals surface area (Å²) < 4.78 is 42.7. The summed E-state index contributed by atoms with van der Waals surface area (Å²) in [5, 5.41) is 6.40. The van der Waals surface area contributed by atoms with Crippen LogP contribution in [0.2, 0.25) is 0 Å². The average Bonchev–Trinajstić information content (AvgIpc) is 2.98. The highest BCUT2D eigenvalue weighted by atomic mass is 127. The number of benzene rings is 1. The molecule has 1 atom stereocenters. The summed E-state index contributed by atoms with van der Waals surface area (Å²) in [6, 6.07) is 7.96. The predicted molar refractivity (Wildman–Crippen MR) is 111 cm³/mol. The number of nitrogens with zero attached hydrogens (tertiary/aromatic N) is 2. The molecule has 154 valence electrons. The standard InChI is InChI=1S/C18H27F3N4O.HI/c1-3-22-17(23-10-14-5-4-6-15(9-14)12-26-2)24-16-7-8-25(11-16)13-18(19,20)21;/h4-6,9,16H,3,7-8,10-13H2,1-2H3,(H2,22,23,24);1H. The highest BCUT2D eigenvalue weighted by Gasteiger charge is 2.34. The van der Waals surface area contributed by atoms with E-state index in [0.29, 0.717) is 45.2 Å². The molecule has 5 nitrogen and oxygen atoms in total. The Labute approximate surface area is 175 Å². The van der Waals surface area contributed by atoms with Gasteiger partial charge >= 0.3 is 6.18 Å². The summed E-state index contributed by atoms with van der Waals surface area (Å²) in [6.07, 6.45) is -3.48. The Bertz CT molecular complexity index is 598. The van der Waals surface area contributed by atoms with Gasteiger partial charge in [-0.25, -0.2) is 4.99 Å². The molecule has 0 aromatic heterocycles. The summed E-state index contributed by atoms with van der Waals surface area (Å²) in [6.45, 7) is 3.64. The Hall–Kier alpha value is -1.07. The zero-order valence-corrected chi connectivity index (χ0v) is 18.0. The molecule has 0 spiro atoms. The van der Waals surface area contributed by atoms with E-state index in [1.165, 1.54) is 4.90 Å². The number of methoxy groups -OCH3 is 1. The molecule has 1 unspecified atom stereocenters. The van der Waals surface area contributed by atoms with Crippen molar-refractivity contribution in [1.29, 1.82) is 0 Å². The highest BCUT2D eigenvalue weighted by molar-refractivity contribution is 14.0. The van der Waals surface area contributed by atoms with Crippen LogP contribution in [0.4, 0.5) is 13.2 Å². The van der Waals surface area contributed by atoms with Gasteiger partial charge in [0.15, 0.2) is 5.96 Å². The molecule has 1 aromatic rings. The Morgan fingerprint density at radius 3 is 2.74 bits per heavy atom. The number of alkyl halides is 3. The lowest BCUT2D eigenvalue weighted by molar-refractivity contribution is -0.143. The van der Waals surface area contributed by atoms with E-state index in [0.717, 1.165) is 11.1 Å². The molecule has 1 aliphatic rings. The van der Waals surface area contributed by atoms with Crippen molar-refractivity contribution in [2.24, 2.45) is 4.99 Å². The summed E-state index contributed by atoms with van der Waals surface area (Å²) in [7, 11) is 1.65. The highest BCUT2D eigenvalue weighted by Crippen LogP contribution is 2.20. The van der Waals surface area contributed by atoms with Crippen LogP contribution in [0.1, 0.15) is 24.5 Å². The maximum Gasteiger partial charge on any atom is 0.401 e. The van der Waals surface area contributed by atoms with Crippen molar-refractivity contribution in [3.63, 3.8) is 0 Å². The van der Waals surface area contributed by atoms with Crippen LogP contribution in [0.15, 0.2) is 29.3 Å². The molecule has 1 aromatic carbocycles. The van der Waals surface area contributed by atoms with Crippen LogP contribution in [0.3, 0.4) is 0 Å². The normalized spacial score (nSPS) is 18.3. The van der Waals surface area contributed by atoms with Crippen LogP contribution in [-0.4, -0.2) is 56.4 Å². The first-order valence-corrected chi connectivity index (χ1v) is 8.80. The number of hydrogen-bond donors (Lipinski definition) is 2. The van der Waals surface area contributed by atoms with E-state index in [4.69, 9.17) is 4.74 Å². The average molecular weight is 500 g/mol. The third-order valence-electron chi connectivity index (χ3n) is 4.08. The molecule has 0 aliphatic carbocycles. The second-order valence-electron chi connectivity index (χ2n) is 6.43. The summed E-state index contributed by atoms with van der Waals surface area (Å²) >= 11 is 0. The zero-order chi connectivity index (χ0) is 19.0. The van der Waals surface area contributed by atoms with Crippen molar-refractivity contribution in [1.82, 2.24) is 15.5 Å². The first kappa shape index (κ1) is 24.0. The van der Waals surface area contributed by atoms with Crippen LogP contribution >= 0.6 is 24.0 Å². The molecule has 0 radical (unpaired) electrons. The van der Waals surface area contributed by atoms with Gasteiger partial charge in [-0.05, 0) is 24.5 Å². The van der Waals surface area contributed by atoms with E-state index in [-0.39, 0.29) is 30.0 Å². The number of rotatable bonds is 7. The van der Waals surface area contributed by atoms with Crippen LogP contribution in [0.5, 0.6) is 0 Å². The first-order chi connectivity index (χ1) is 12.4. The van der Waals surface area contributed by atoms with Crippen LogP contribution < -0.4 is 10.6 Å². The van der Waals surface area contributed by atoms with E-state index >= 15 is 0 Å². The summed E-state index contributed by atoms with van der Waals surface area (Å²) in [4.78, 5) is 5.99. The van der Waals surface area contributed by atoms with Gasteiger partial charge < -0.3 is 15.4 Å². The topological polar surface area (TPSA) is 48.9 Å². The smallest absolute Gasteiger partial charge is 0.380 e. The molecule has 2 rings (SSSR count). The van der Waals surface area contributed by atoms with Gasteiger partial charge in [-0.3, -0.25) is 4.90 Å². The van der Waals surface area contributed by atoms with E-state index in [1.807, 2.05) is 31.2 Å². The quantitative estimate of drug-likeness (QED) is 0.343. The Morgan fingerprint density at radius 1 is 1.33 bits per heavy atom. The fraction of sp³-hybridized carbons (Fsp3) is 0.611. The van der Waals surface area contributed by atoms with Crippen LogP contribution in [0.25, 0.3) is 0 Å². The number of likely N-dealkylation sites (tertiary alicyclic amines) is 1. The number of guanidine groups is 1. The minimum atomic E-state index is -4.15.